The van der Waals surface area contributed by atoms with Crippen molar-refractivity contribution in [2.45, 2.75) is 27.7 Å². The third-order valence-electron chi connectivity index (χ3n) is 3.28. The monoisotopic (exact) mass is 218 g/mol. The van der Waals surface area contributed by atoms with Gasteiger partial charge in [0.1, 0.15) is 0 Å². The maximum atomic E-state index is 3.60. The molecule has 0 saturated carbocycles. The summed E-state index contributed by atoms with van der Waals surface area (Å²) < 4.78 is 0. The van der Waals surface area contributed by atoms with Crippen molar-refractivity contribution in [3.8, 4) is 0 Å². The Labute approximate surface area is 98.7 Å². The molecule has 0 bridgehead atoms. The first-order valence-electron chi connectivity index (χ1n) is 5.95. The van der Waals surface area contributed by atoms with Crippen LogP contribution in [0.1, 0.15) is 25.0 Å². The van der Waals surface area contributed by atoms with Crippen LogP contribution >= 0.6 is 0 Å². The van der Waals surface area contributed by atoms with Crippen LogP contribution in [-0.4, -0.2) is 20.1 Å². The molecular weight excluding hydrogens is 196 g/mol. The summed E-state index contributed by atoms with van der Waals surface area (Å²) >= 11 is 0. The van der Waals surface area contributed by atoms with Crippen molar-refractivity contribution >= 4 is 11.4 Å². The second-order valence-corrected chi connectivity index (χ2v) is 5.85. The molecule has 88 valence electrons. The van der Waals surface area contributed by atoms with Gasteiger partial charge in [0.25, 0.3) is 0 Å². The van der Waals surface area contributed by atoms with Gasteiger partial charge < -0.3 is 10.2 Å². The molecule has 16 heavy (non-hydrogen) atoms. The van der Waals surface area contributed by atoms with Crippen LogP contribution in [0.15, 0.2) is 12.1 Å². The Kier molecular flexibility index (Phi) is 2.61. The van der Waals surface area contributed by atoms with Crippen LogP contribution in [0.4, 0.5) is 11.4 Å². The standard InChI is InChI=1S/C14H22N2/c1-10-6-11(2)13-12(7-10)16(5)9-14(3,4)8-15-13/h6-7,15H,8-9H2,1-5H3. The fourth-order valence-electron chi connectivity index (χ4n) is 2.59. The van der Waals surface area contributed by atoms with Crippen molar-refractivity contribution in [2.24, 2.45) is 5.41 Å². The molecule has 0 fully saturated rings. The molecular formula is C14H22N2. The minimum Gasteiger partial charge on any atom is -0.383 e. The van der Waals surface area contributed by atoms with E-state index in [2.05, 4.69) is 57.1 Å². The lowest BCUT2D eigenvalue weighted by atomic mass is 9.93. The van der Waals surface area contributed by atoms with E-state index in [0.29, 0.717) is 5.41 Å². The summed E-state index contributed by atoms with van der Waals surface area (Å²) in [6, 6.07) is 4.52. The Bertz CT molecular complexity index is 407. The average Bonchev–Trinajstić information content (AvgIpc) is 2.23. The highest BCUT2D eigenvalue weighted by Gasteiger charge is 2.26. The highest BCUT2D eigenvalue weighted by molar-refractivity contribution is 5.75. The molecule has 0 atom stereocenters. The van der Waals surface area contributed by atoms with Crippen LogP contribution < -0.4 is 10.2 Å². The number of fused-ring (bicyclic) bond motifs is 1. The molecule has 0 amide bonds. The Hall–Kier alpha value is -1.18. The van der Waals surface area contributed by atoms with Gasteiger partial charge >= 0.3 is 0 Å². The van der Waals surface area contributed by atoms with E-state index in [1.807, 2.05) is 0 Å². The Balaban J connectivity index is 2.49. The van der Waals surface area contributed by atoms with Gasteiger partial charge in [0.15, 0.2) is 0 Å². The maximum Gasteiger partial charge on any atom is 0.0608 e. The van der Waals surface area contributed by atoms with E-state index in [9.17, 15) is 0 Å². The topological polar surface area (TPSA) is 15.3 Å². The van der Waals surface area contributed by atoms with Crippen LogP contribution in [0.5, 0.6) is 0 Å². The van der Waals surface area contributed by atoms with E-state index in [1.54, 1.807) is 0 Å². The number of anilines is 2. The van der Waals surface area contributed by atoms with E-state index < -0.39 is 0 Å². The molecule has 0 spiro atoms. The lowest BCUT2D eigenvalue weighted by Crippen LogP contribution is -2.33. The molecule has 0 unspecified atom stereocenters. The Morgan fingerprint density at radius 3 is 2.62 bits per heavy atom. The van der Waals surface area contributed by atoms with Crippen molar-refractivity contribution in [2.75, 3.05) is 30.4 Å². The molecule has 1 aliphatic heterocycles. The third-order valence-corrected chi connectivity index (χ3v) is 3.28. The van der Waals surface area contributed by atoms with Crippen LogP contribution in [0.2, 0.25) is 0 Å². The minimum absolute atomic E-state index is 0.314. The predicted octanol–water partition coefficient (Wildman–Crippen LogP) is 3.19. The first-order valence-corrected chi connectivity index (χ1v) is 5.95. The zero-order valence-corrected chi connectivity index (χ0v) is 11.0. The summed E-state index contributed by atoms with van der Waals surface area (Å²) in [5.41, 5.74) is 5.64. The summed E-state index contributed by atoms with van der Waals surface area (Å²) in [6.07, 6.45) is 0. The van der Waals surface area contributed by atoms with E-state index in [1.165, 1.54) is 22.5 Å². The number of nitrogens with one attached hydrogen (secondary N) is 1. The highest BCUT2D eigenvalue weighted by Crippen LogP contribution is 2.35. The zero-order chi connectivity index (χ0) is 11.9. The normalized spacial score (nSPS) is 18.7. The SMILES string of the molecule is Cc1cc(C)c2c(c1)N(C)CC(C)(C)CN2. The quantitative estimate of drug-likeness (QED) is 0.719. The van der Waals surface area contributed by atoms with Gasteiger partial charge in [-0.2, -0.15) is 0 Å². The minimum atomic E-state index is 0.314. The molecule has 1 aromatic rings. The first-order chi connectivity index (χ1) is 7.39. The van der Waals surface area contributed by atoms with Gasteiger partial charge in [-0.25, -0.2) is 0 Å². The number of hydrogen-bond donors (Lipinski definition) is 1. The van der Waals surface area contributed by atoms with Gasteiger partial charge in [0, 0.05) is 20.1 Å². The van der Waals surface area contributed by atoms with Crippen LogP contribution in [-0.2, 0) is 0 Å². The van der Waals surface area contributed by atoms with Crippen molar-refractivity contribution in [3.63, 3.8) is 0 Å². The molecule has 2 nitrogen and oxygen atoms in total. The van der Waals surface area contributed by atoms with E-state index >= 15 is 0 Å². The van der Waals surface area contributed by atoms with E-state index in [4.69, 9.17) is 0 Å². The molecule has 2 heteroatoms. The summed E-state index contributed by atoms with van der Waals surface area (Å²) in [4.78, 5) is 2.37. The largest absolute Gasteiger partial charge is 0.383 e. The number of hydrogen-bond acceptors (Lipinski definition) is 2. The Morgan fingerprint density at radius 1 is 1.25 bits per heavy atom. The fourth-order valence-corrected chi connectivity index (χ4v) is 2.59. The first kappa shape index (κ1) is 11.3. The van der Waals surface area contributed by atoms with Crippen molar-refractivity contribution in [1.29, 1.82) is 0 Å². The average molecular weight is 218 g/mol. The lowest BCUT2D eigenvalue weighted by molar-refractivity contribution is 0.403. The predicted molar refractivity (Wildman–Crippen MR) is 71.5 cm³/mol. The molecule has 1 heterocycles. The maximum absolute atomic E-state index is 3.60. The van der Waals surface area contributed by atoms with Crippen LogP contribution in [0.25, 0.3) is 0 Å². The van der Waals surface area contributed by atoms with Gasteiger partial charge in [0.05, 0.1) is 11.4 Å². The van der Waals surface area contributed by atoms with Crippen molar-refractivity contribution < 1.29 is 0 Å². The molecule has 0 aliphatic carbocycles. The summed E-state index contributed by atoms with van der Waals surface area (Å²) in [6.45, 7) is 11.1. The number of rotatable bonds is 0. The molecule has 0 radical (unpaired) electrons. The zero-order valence-electron chi connectivity index (χ0n) is 11.0. The second kappa shape index (κ2) is 3.69. The summed E-state index contributed by atoms with van der Waals surface area (Å²) in [5.74, 6) is 0. The molecule has 0 aromatic heterocycles. The number of aryl methyl sites for hydroxylation is 2. The molecule has 2 rings (SSSR count). The van der Waals surface area contributed by atoms with Crippen LogP contribution in [0.3, 0.4) is 0 Å². The molecule has 1 N–H and O–H groups in total. The van der Waals surface area contributed by atoms with Crippen molar-refractivity contribution in [1.82, 2.24) is 0 Å². The van der Waals surface area contributed by atoms with Gasteiger partial charge in [-0.1, -0.05) is 19.9 Å². The van der Waals surface area contributed by atoms with E-state index in [0.717, 1.165) is 13.1 Å². The molecule has 0 saturated heterocycles. The highest BCUT2D eigenvalue weighted by atomic mass is 15.1. The van der Waals surface area contributed by atoms with Gasteiger partial charge in [-0.05, 0) is 36.5 Å². The molecule has 1 aliphatic rings. The van der Waals surface area contributed by atoms with E-state index in [-0.39, 0.29) is 0 Å². The van der Waals surface area contributed by atoms with Crippen molar-refractivity contribution in [3.05, 3.63) is 23.3 Å². The second-order valence-electron chi connectivity index (χ2n) is 5.85. The van der Waals surface area contributed by atoms with Gasteiger partial charge in [-0.15, -0.1) is 0 Å². The van der Waals surface area contributed by atoms with Crippen LogP contribution in [0, 0.1) is 19.3 Å². The molecule has 1 aromatic carbocycles. The lowest BCUT2D eigenvalue weighted by Gasteiger charge is -2.27. The van der Waals surface area contributed by atoms with Gasteiger partial charge in [0.2, 0.25) is 0 Å². The Morgan fingerprint density at radius 2 is 1.94 bits per heavy atom. The smallest absolute Gasteiger partial charge is 0.0608 e. The fraction of sp³-hybridized carbons (Fsp3) is 0.571. The van der Waals surface area contributed by atoms with Gasteiger partial charge in [-0.3, -0.25) is 0 Å². The third kappa shape index (κ3) is 2.01. The number of nitrogens with zero attached hydrogens (tertiary/aromatic N) is 1. The summed E-state index contributed by atoms with van der Waals surface area (Å²) in [7, 11) is 2.19. The number of benzene rings is 1. The summed E-state index contributed by atoms with van der Waals surface area (Å²) in [5, 5.41) is 3.60.